The molecule has 0 spiro atoms. The Morgan fingerprint density at radius 3 is 2.69 bits per heavy atom. The molecule has 0 aliphatic carbocycles. The van der Waals surface area contributed by atoms with E-state index in [1.807, 2.05) is 0 Å². The maximum absolute atomic E-state index is 12.7. The molecule has 1 fully saturated rings. The van der Waals surface area contributed by atoms with E-state index in [9.17, 15) is 22.8 Å². The largest absolute Gasteiger partial charge is 0.489 e. The number of alkyl halides is 3. The molecule has 3 heterocycles. The highest BCUT2D eigenvalue weighted by atomic mass is 19.4. The Hall–Kier alpha value is -3.30. The molecule has 2 aromatic rings. The van der Waals surface area contributed by atoms with Crippen LogP contribution < -0.4 is 15.0 Å². The monoisotopic (exact) mass is 407 g/mol. The molecule has 152 valence electrons. The summed E-state index contributed by atoms with van der Waals surface area (Å²) in [5.74, 6) is 0.183. The van der Waals surface area contributed by atoms with Crippen molar-refractivity contribution in [1.82, 2.24) is 10.3 Å². The lowest BCUT2D eigenvalue weighted by atomic mass is 10.0. The maximum atomic E-state index is 12.7. The molecule has 29 heavy (non-hydrogen) atoms. The molecule has 0 saturated carbocycles. The minimum Gasteiger partial charge on any atom is -0.489 e. The fraction of sp³-hybridized carbons (Fsp3) is 0.316. The molecule has 2 aliphatic rings. The number of pyridine rings is 1. The molecule has 0 radical (unpaired) electrons. The van der Waals surface area contributed by atoms with Gasteiger partial charge in [0.05, 0.1) is 12.2 Å². The Bertz CT molecular complexity index is 962. The Morgan fingerprint density at radius 1 is 1.28 bits per heavy atom. The second kappa shape index (κ2) is 6.94. The highest BCUT2D eigenvalue weighted by Crippen LogP contribution is 2.41. The maximum Gasteiger partial charge on any atom is 0.433 e. The van der Waals surface area contributed by atoms with Gasteiger partial charge in [0.1, 0.15) is 30.2 Å². The van der Waals surface area contributed by atoms with Crippen LogP contribution in [-0.2, 0) is 15.7 Å². The van der Waals surface area contributed by atoms with Crippen LogP contribution in [0.2, 0.25) is 0 Å². The zero-order valence-corrected chi connectivity index (χ0v) is 15.2. The van der Waals surface area contributed by atoms with Crippen molar-refractivity contribution in [3.05, 3.63) is 42.2 Å². The van der Waals surface area contributed by atoms with Crippen LogP contribution >= 0.6 is 0 Å². The number of amides is 2. The molecule has 10 heteroatoms. The molecule has 2 atom stereocenters. The summed E-state index contributed by atoms with van der Waals surface area (Å²) in [6.45, 7) is 1.72. The van der Waals surface area contributed by atoms with E-state index >= 15 is 0 Å². The van der Waals surface area contributed by atoms with E-state index in [0.717, 1.165) is 12.3 Å². The molecule has 1 aromatic carbocycles. The van der Waals surface area contributed by atoms with Gasteiger partial charge in [-0.1, -0.05) is 12.1 Å². The van der Waals surface area contributed by atoms with Crippen LogP contribution in [0.1, 0.15) is 12.6 Å². The molecule has 0 unspecified atom stereocenters. The third-order valence-electron chi connectivity index (χ3n) is 4.78. The second-order valence-electron chi connectivity index (χ2n) is 6.72. The zero-order chi connectivity index (χ0) is 20.8. The molecule has 1 saturated heterocycles. The van der Waals surface area contributed by atoms with E-state index in [-0.39, 0.29) is 25.1 Å². The Kier molecular flexibility index (Phi) is 4.56. The third-order valence-corrected chi connectivity index (χ3v) is 4.78. The molecular weight excluding hydrogens is 391 g/mol. The topological polar surface area (TPSA) is 80.8 Å². The van der Waals surface area contributed by atoms with Crippen molar-refractivity contribution in [3.8, 4) is 16.9 Å². The number of hydrogen-bond donors (Lipinski definition) is 1. The van der Waals surface area contributed by atoms with Crippen LogP contribution in [0.15, 0.2) is 36.5 Å². The molecule has 1 N–H and O–H groups in total. The third kappa shape index (κ3) is 3.57. The average molecular weight is 407 g/mol. The van der Waals surface area contributed by atoms with Gasteiger partial charge in [0.2, 0.25) is 5.91 Å². The van der Waals surface area contributed by atoms with Gasteiger partial charge in [0.25, 0.3) is 0 Å². The predicted molar refractivity (Wildman–Crippen MR) is 95.4 cm³/mol. The van der Waals surface area contributed by atoms with E-state index in [1.165, 1.54) is 17.9 Å². The minimum atomic E-state index is -4.50. The molecule has 1 aromatic heterocycles. The van der Waals surface area contributed by atoms with Crippen LogP contribution in [0.3, 0.4) is 0 Å². The van der Waals surface area contributed by atoms with E-state index in [0.29, 0.717) is 22.6 Å². The number of fused-ring (bicyclic) bond motifs is 3. The number of anilines is 1. The summed E-state index contributed by atoms with van der Waals surface area (Å²) in [7, 11) is 0. The van der Waals surface area contributed by atoms with Crippen LogP contribution in [0, 0.1) is 0 Å². The smallest absolute Gasteiger partial charge is 0.433 e. The normalized spacial score (nSPS) is 20.4. The Labute approximate surface area is 163 Å². The number of carbonyl (C=O) groups excluding carboxylic acids is 2. The number of halogens is 3. The van der Waals surface area contributed by atoms with E-state index < -0.39 is 24.1 Å². The van der Waals surface area contributed by atoms with Crippen molar-refractivity contribution in [3.63, 3.8) is 0 Å². The second-order valence-corrected chi connectivity index (χ2v) is 6.72. The fourth-order valence-corrected chi connectivity index (χ4v) is 3.36. The van der Waals surface area contributed by atoms with E-state index in [2.05, 4.69) is 10.3 Å². The SMILES string of the molecule is CC(=O)NC[C@@H]1OC(=O)N2c3ccc(-c4ccc(C(F)(F)F)nc4)cc3OC[C@@H]12. The number of ether oxygens (including phenoxy) is 2. The first-order valence-corrected chi connectivity index (χ1v) is 8.79. The lowest BCUT2D eigenvalue weighted by Gasteiger charge is -2.31. The average Bonchev–Trinajstić information content (AvgIpc) is 3.01. The van der Waals surface area contributed by atoms with Gasteiger partial charge in [-0.3, -0.25) is 14.7 Å². The van der Waals surface area contributed by atoms with Crippen LogP contribution in [0.5, 0.6) is 5.75 Å². The first kappa shape index (κ1) is 19.0. The molecule has 4 rings (SSSR count). The Morgan fingerprint density at radius 2 is 2.03 bits per heavy atom. The minimum absolute atomic E-state index is 0.164. The van der Waals surface area contributed by atoms with Gasteiger partial charge in [0.15, 0.2) is 0 Å². The van der Waals surface area contributed by atoms with Crippen molar-refractivity contribution >= 4 is 17.7 Å². The number of nitrogens with zero attached hydrogens (tertiary/aromatic N) is 2. The quantitative estimate of drug-likeness (QED) is 0.846. The first-order valence-electron chi connectivity index (χ1n) is 8.79. The number of cyclic esters (lactones) is 1. The van der Waals surface area contributed by atoms with Gasteiger partial charge in [-0.05, 0) is 23.8 Å². The van der Waals surface area contributed by atoms with Gasteiger partial charge < -0.3 is 14.8 Å². The number of carbonyl (C=O) groups is 2. The molecular formula is C19H16F3N3O4. The van der Waals surface area contributed by atoms with Gasteiger partial charge in [-0.15, -0.1) is 0 Å². The molecule has 0 bridgehead atoms. The van der Waals surface area contributed by atoms with Crippen molar-refractivity contribution in [2.45, 2.75) is 25.2 Å². The van der Waals surface area contributed by atoms with Crippen molar-refractivity contribution in [1.29, 1.82) is 0 Å². The Balaban J connectivity index is 1.58. The van der Waals surface area contributed by atoms with Gasteiger partial charge in [-0.2, -0.15) is 13.2 Å². The summed E-state index contributed by atoms with van der Waals surface area (Å²) in [4.78, 5) is 28.4. The molecule has 2 amide bonds. The van der Waals surface area contributed by atoms with Crippen LogP contribution in [0.4, 0.5) is 23.7 Å². The van der Waals surface area contributed by atoms with Gasteiger partial charge in [0, 0.05) is 18.7 Å². The fourth-order valence-electron chi connectivity index (χ4n) is 3.36. The summed E-state index contributed by atoms with van der Waals surface area (Å²) in [6.07, 6.45) is -4.45. The summed E-state index contributed by atoms with van der Waals surface area (Å²) >= 11 is 0. The van der Waals surface area contributed by atoms with Crippen molar-refractivity contribution in [2.75, 3.05) is 18.1 Å². The van der Waals surface area contributed by atoms with Gasteiger partial charge >= 0.3 is 12.3 Å². The van der Waals surface area contributed by atoms with Crippen LogP contribution in [0.25, 0.3) is 11.1 Å². The number of hydrogen-bond acceptors (Lipinski definition) is 5. The van der Waals surface area contributed by atoms with Gasteiger partial charge in [-0.25, -0.2) is 4.79 Å². The summed E-state index contributed by atoms with van der Waals surface area (Å²) in [6, 6.07) is 6.82. The number of aromatic nitrogens is 1. The highest BCUT2D eigenvalue weighted by molar-refractivity contribution is 5.94. The van der Waals surface area contributed by atoms with Crippen molar-refractivity contribution < 1.29 is 32.2 Å². The lowest BCUT2D eigenvalue weighted by molar-refractivity contribution is -0.141. The van der Waals surface area contributed by atoms with E-state index in [1.54, 1.807) is 18.2 Å². The standard InChI is InChI=1S/C19H16F3N3O4/c1-10(26)23-8-16-14-9-28-15-6-11(2-4-13(15)25(14)18(27)29-16)12-3-5-17(24-7-12)19(20,21)22/h2-7,14,16H,8-9H2,1H3,(H,23,26)/t14-,16-/m0/s1. The number of rotatable bonds is 3. The van der Waals surface area contributed by atoms with Crippen molar-refractivity contribution in [2.24, 2.45) is 0 Å². The first-order chi connectivity index (χ1) is 13.7. The predicted octanol–water partition coefficient (Wildman–Crippen LogP) is 2.99. The zero-order valence-electron chi connectivity index (χ0n) is 15.2. The highest BCUT2D eigenvalue weighted by Gasteiger charge is 2.46. The van der Waals surface area contributed by atoms with Crippen LogP contribution in [-0.4, -0.2) is 42.3 Å². The lowest BCUT2D eigenvalue weighted by Crippen LogP contribution is -2.47. The summed E-state index contributed by atoms with van der Waals surface area (Å²) < 4.78 is 49.2. The number of benzene rings is 1. The number of nitrogens with one attached hydrogen (secondary N) is 1. The summed E-state index contributed by atoms with van der Waals surface area (Å²) in [5.41, 5.74) is 0.619. The van der Waals surface area contributed by atoms with E-state index in [4.69, 9.17) is 9.47 Å². The molecule has 7 nitrogen and oxygen atoms in total. The molecule has 2 aliphatic heterocycles. The summed E-state index contributed by atoms with van der Waals surface area (Å²) in [5, 5.41) is 2.63.